The van der Waals surface area contributed by atoms with E-state index in [1.54, 1.807) is 12.4 Å². The molecule has 1 atom stereocenters. The van der Waals surface area contributed by atoms with Gasteiger partial charge in [0.05, 0.1) is 5.56 Å². The van der Waals surface area contributed by atoms with E-state index in [1.807, 2.05) is 4.90 Å². The Morgan fingerprint density at radius 1 is 1.16 bits per heavy atom. The molecule has 1 N–H and O–H groups in total. The molecule has 1 aromatic heterocycles. The highest BCUT2D eigenvalue weighted by Gasteiger charge is 2.26. The van der Waals surface area contributed by atoms with Crippen LogP contribution in [0, 0.1) is 13.8 Å². The number of hydrogen-bond acceptors (Lipinski definition) is 4. The predicted molar refractivity (Wildman–Crippen MR) is 100 cm³/mol. The number of carbonyl (C=O) groups excluding carboxylic acids is 1. The number of hydrogen-bond donors (Lipinski definition) is 1. The molecule has 132 valence electrons. The zero-order valence-electron chi connectivity index (χ0n) is 15.2. The van der Waals surface area contributed by atoms with Crippen LogP contribution in [0.2, 0.25) is 0 Å². The fraction of sp³-hybridized carbons (Fsp3) is 0.450. The summed E-state index contributed by atoms with van der Waals surface area (Å²) in [6.45, 7) is 7.09. The summed E-state index contributed by atoms with van der Waals surface area (Å²) in [7, 11) is 0. The van der Waals surface area contributed by atoms with Crippen LogP contribution in [0.1, 0.15) is 54.1 Å². The lowest BCUT2D eigenvalue weighted by Crippen LogP contribution is -2.43. The van der Waals surface area contributed by atoms with Gasteiger partial charge in [0.15, 0.2) is 0 Å². The van der Waals surface area contributed by atoms with Gasteiger partial charge in [0.1, 0.15) is 0 Å². The molecule has 0 spiro atoms. The molecule has 1 aromatic carbocycles. The Hall–Kier alpha value is -2.43. The van der Waals surface area contributed by atoms with Gasteiger partial charge in [-0.15, -0.1) is 0 Å². The normalized spacial score (nSPS) is 17.4. The number of amides is 1. The van der Waals surface area contributed by atoms with Gasteiger partial charge in [0.25, 0.3) is 5.91 Å². The molecule has 2 heterocycles. The SMILES string of the molecule is CCC1CCCCN1C(=O)c1cnc(Nc2cc(C)cc(C)c2)nc1. The molecule has 1 aliphatic heterocycles. The number of aromatic nitrogens is 2. The molecule has 0 saturated carbocycles. The Morgan fingerprint density at radius 2 is 1.84 bits per heavy atom. The van der Waals surface area contributed by atoms with Gasteiger partial charge in [-0.2, -0.15) is 0 Å². The molecule has 25 heavy (non-hydrogen) atoms. The Morgan fingerprint density at radius 3 is 2.48 bits per heavy atom. The number of anilines is 2. The molecule has 0 bridgehead atoms. The van der Waals surface area contributed by atoms with Gasteiger partial charge in [-0.05, 0) is 62.8 Å². The van der Waals surface area contributed by atoms with Crippen molar-refractivity contribution in [1.82, 2.24) is 14.9 Å². The summed E-state index contributed by atoms with van der Waals surface area (Å²) < 4.78 is 0. The number of benzene rings is 1. The third-order valence-corrected chi connectivity index (χ3v) is 4.74. The summed E-state index contributed by atoms with van der Waals surface area (Å²) in [5, 5.41) is 3.20. The van der Waals surface area contributed by atoms with Gasteiger partial charge < -0.3 is 10.2 Å². The van der Waals surface area contributed by atoms with Crippen LogP contribution in [0.25, 0.3) is 0 Å². The highest BCUT2D eigenvalue weighted by Crippen LogP contribution is 2.22. The summed E-state index contributed by atoms with van der Waals surface area (Å²) in [5.41, 5.74) is 3.89. The Kier molecular flexibility index (Phi) is 5.31. The van der Waals surface area contributed by atoms with Crippen molar-refractivity contribution in [2.24, 2.45) is 0 Å². The zero-order valence-corrected chi connectivity index (χ0v) is 15.2. The highest BCUT2D eigenvalue weighted by atomic mass is 16.2. The third kappa shape index (κ3) is 4.16. The van der Waals surface area contributed by atoms with Crippen LogP contribution in [0.5, 0.6) is 0 Å². The summed E-state index contributed by atoms with van der Waals surface area (Å²) >= 11 is 0. The van der Waals surface area contributed by atoms with Crippen LogP contribution < -0.4 is 5.32 Å². The fourth-order valence-electron chi connectivity index (χ4n) is 3.54. The quantitative estimate of drug-likeness (QED) is 0.906. The number of piperidine rings is 1. The molecule has 1 amide bonds. The van der Waals surface area contributed by atoms with E-state index in [0.29, 0.717) is 17.6 Å². The van der Waals surface area contributed by atoms with Crippen molar-refractivity contribution in [3.05, 3.63) is 47.3 Å². The minimum atomic E-state index is 0.0458. The molecule has 1 saturated heterocycles. The molecule has 5 heteroatoms. The fourth-order valence-corrected chi connectivity index (χ4v) is 3.54. The lowest BCUT2D eigenvalue weighted by molar-refractivity contribution is 0.0607. The lowest BCUT2D eigenvalue weighted by atomic mass is 9.99. The van der Waals surface area contributed by atoms with E-state index >= 15 is 0 Å². The van der Waals surface area contributed by atoms with Crippen molar-refractivity contribution in [1.29, 1.82) is 0 Å². The standard InChI is InChI=1S/C20H26N4O/c1-4-18-7-5-6-8-24(18)19(25)16-12-21-20(22-13-16)23-17-10-14(2)9-15(3)11-17/h9-13,18H,4-8H2,1-3H3,(H,21,22,23). The smallest absolute Gasteiger partial charge is 0.257 e. The largest absolute Gasteiger partial charge is 0.336 e. The first kappa shape index (κ1) is 17.4. The molecule has 1 unspecified atom stereocenters. The van der Waals surface area contributed by atoms with Crippen LogP contribution in [0.15, 0.2) is 30.6 Å². The van der Waals surface area contributed by atoms with Gasteiger partial charge in [0, 0.05) is 30.7 Å². The summed E-state index contributed by atoms with van der Waals surface area (Å²) in [5.74, 6) is 0.553. The lowest BCUT2D eigenvalue weighted by Gasteiger charge is -2.35. The molecule has 5 nitrogen and oxygen atoms in total. The third-order valence-electron chi connectivity index (χ3n) is 4.74. The van der Waals surface area contributed by atoms with E-state index in [2.05, 4.69) is 54.3 Å². The molecule has 1 aliphatic rings. The summed E-state index contributed by atoms with van der Waals surface area (Å²) in [4.78, 5) is 23.4. The Labute approximate surface area is 149 Å². The topological polar surface area (TPSA) is 58.1 Å². The monoisotopic (exact) mass is 338 g/mol. The zero-order chi connectivity index (χ0) is 17.8. The first-order valence-corrected chi connectivity index (χ1v) is 9.05. The molecule has 3 rings (SSSR count). The first-order valence-electron chi connectivity index (χ1n) is 9.05. The number of nitrogens with zero attached hydrogens (tertiary/aromatic N) is 3. The van der Waals surface area contributed by atoms with Crippen molar-refractivity contribution in [3.63, 3.8) is 0 Å². The van der Waals surface area contributed by atoms with E-state index in [4.69, 9.17) is 0 Å². The van der Waals surface area contributed by atoms with Crippen LogP contribution in [-0.2, 0) is 0 Å². The Bertz CT molecular complexity index is 722. The van der Waals surface area contributed by atoms with E-state index in [-0.39, 0.29) is 5.91 Å². The van der Waals surface area contributed by atoms with Crippen molar-refractivity contribution in [2.45, 2.75) is 52.5 Å². The maximum atomic E-state index is 12.8. The predicted octanol–water partition coefficient (Wildman–Crippen LogP) is 4.24. The van der Waals surface area contributed by atoms with Crippen molar-refractivity contribution in [3.8, 4) is 0 Å². The van der Waals surface area contributed by atoms with Crippen molar-refractivity contribution < 1.29 is 4.79 Å². The van der Waals surface area contributed by atoms with Crippen molar-refractivity contribution >= 4 is 17.5 Å². The summed E-state index contributed by atoms with van der Waals surface area (Å²) in [6, 6.07) is 6.56. The number of rotatable bonds is 4. The number of likely N-dealkylation sites (tertiary alicyclic amines) is 1. The van der Waals surface area contributed by atoms with Crippen LogP contribution >= 0.6 is 0 Å². The average molecular weight is 338 g/mol. The van der Waals surface area contributed by atoms with E-state index < -0.39 is 0 Å². The van der Waals surface area contributed by atoms with Gasteiger partial charge in [-0.3, -0.25) is 4.79 Å². The molecule has 2 aromatic rings. The van der Waals surface area contributed by atoms with E-state index in [1.165, 1.54) is 17.5 Å². The molecule has 0 aliphatic carbocycles. The van der Waals surface area contributed by atoms with Gasteiger partial charge in [-0.1, -0.05) is 13.0 Å². The number of aryl methyl sites for hydroxylation is 2. The molecular formula is C20H26N4O. The molecular weight excluding hydrogens is 312 g/mol. The highest BCUT2D eigenvalue weighted by molar-refractivity contribution is 5.94. The maximum Gasteiger partial charge on any atom is 0.257 e. The second kappa shape index (κ2) is 7.64. The first-order chi connectivity index (χ1) is 12.1. The van der Waals surface area contributed by atoms with Gasteiger partial charge >= 0.3 is 0 Å². The molecule has 0 radical (unpaired) electrons. The van der Waals surface area contributed by atoms with Crippen molar-refractivity contribution in [2.75, 3.05) is 11.9 Å². The van der Waals surface area contributed by atoms with Crippen LogP contribution in [0.4, 0.5) is 11.6 Å². The maximum absolute atomic E-state index is 12.8. The van der Waals surface area contributed by atoms with E-state index in [0.717, 1.165) is 31.5 Å². The minimum Gasteiger partial charge on any atom is -0.336 e. The number of nitrogens with one attached hydrogen (secondary N) is 1. The van der Waals surface area contributed by atoms with Gasteiger partial charge in [-0.25, -0.2) is 9.97 Å². The number of carbonyl (C=O) groups is 1. The average Bonchev–Trinajstić information content (AvgIpc) is 2.61. The second-order valence-electron chi connectivity index (χ2n) is 6.85. The summed E-state index contributed by atoms with van der Waals surface area (Å²) in [6.07, 6.45) is 7.63. The molecule has 1 fully saturated rings. The Balaban J connectivity index is 1.72. The second-order valence-corrected chi connectivity index (χ2v) is 6.85. The van der Waals surface area contributed by atoms with E-state index in [9.17, 15) is 4.79 Å². The minimum absolute atomic E-state index is 0.0458. The van der Waals surface area contributed by atoms with Gasteiger partial charge in [0.2, 0.25) is 5.95 Å². The van der Waals surface area contributed by atoms with Crippen LogP contribution in [-0.4, -0.2) is 33.4 Å². The van der Waals surface area contributed by atoms with Crippen LogP contribution in [0.3, 0.4) is 0 Å².